The maximum atomic E-state index is 5.04. The molecule has 2 aliphatic heterocycles. The van der Waals surface area contributed by atoms with Crippen LogP contribution < -0.4 is 5.32 Å². The number of nitrogens with one attached hydrogen (secondary N) is 1. The van der Waals surface area contributed by atoms with Gasteiger partial charge in [0.05, 0.1) is 6.61 Å². The molecule has 2 saturated heterocycles. The minimum absolute atomic E-state index is 0.758. The van der Waals surface area contributed by atoms with Crippen LogP contribution in [0.3, 0.4) is 0 Å². The predicted octanol–water partition coefficient (Wildman–Crippen LogP) is 0.317. The molecule has 3 heteroatoms. The molecule has 0 aromatic carbocycles. The van der Waals surface area contributed by atoms with Gasteiger partial charge in [0.1, 0.15) is 0 Å². The van der Waals surface area contributed by atoms with Crippen molar-refractivity contribution in [1.29, 1.82) is 0 Å². The fraction of sp³-hybridized carbons (Fsp3) is 1.00. The van der Waals surface area contributed by atoms with Gasteiger partial charge >= 0.3 is 0 Å². The molecule has 2 bridgehead atoms. The van der Waals surface area contributed by atoms with Gasteiger partial charge in [-0.05, 0) is 31.8 Å². The first-order chi connectivity index (χ1) is 6.40. The lowest BCUT2D eigenvalue weighted by atomic mass is 9.94. The van der Waals surface area contributed by atoms with E-state index in [1.54, 1.807) is 7.11 Å². The van der Waals surface area contributed by atoms with Crippen molar-refractivity contribution in [2.24, 2.45) is 5.92 Å². The third-order valence-electron chi connectivity index (χ3n) is 3.35. The van der Waals surface area contributed by atoms with E-state index in [9.17, 15) is 0 Å². The average Bonchev–Trinajstić information content (AvgIpc) is 2.53. The monoisotopic (exact) mass is 184 g/mol. The van der Waals surface area contributed by atoms with Crippen LogP contribution in [0.1, 0.15) is 12.8 Å². The zero-order chi connectivity index (χ0) is 9.10. The maximum absolute atomic E-state index is 5.04. The van der Waals surface area contributed by atoms with Crippen molar-refractivity contribution in [2.75, 3.05) is 39.9 Å². The molecule has 0 spiro atoms. The number of ether oxygens (including phenoxy) is 1. The maximum Gasteiger partial charge on any atom is 0.0587 e. The zero-order valence-corrected chi connectivity index (χ0v) is 8.46. The highest BCUT2D eigenvalue weighted by molar-refractivity contribution is 4.90. The first-order valence-electron chi connectivity index (χ1n) is 5.35. The van der Waals surface area contributed by atoms with Crippen LogP contribution in [0.4, 0.5) is 0 Å². The molecule has 0 saturated carbocycles. The van der Waals surface area contributed by atoms with Crippen LogP contribution in [0.2, 0.25) is 0 Å². The van der Waals surface area contributed by atoms with Crippen molar-refractivity contribution < 1.29 is 4.74 Å². The fourth-order valence-electron chi connectivity index (χ4n) is 2.57. The van der Waals surface area contributed by atoms with Crippen LogP contribution in [0.25, 0.3) is 0 Å². The highest BCUT2D eigenvalue weighted by Gasteiger charge is 2.33. The number of fused-ring (bicyclic) bond motifs is 2. The van der Waals surface area contributed by atoms with Crippen LogP contribution in [0.15, 0.2) is 0 Å². The predicted molar refractivity (Wildman–Crippen MR) is 52.8 cm³/mol. The Morgan fingerprint density at radius 3 is 3.08 bits per heavy atom. The van der Waals surface area contributed by atoms with Gasteiger partial charge in [-0.15, -0.1) is 0 Å². The molecule has 0 aliphatic carbocycles. The molecule has 3 unspecified atom stereocenters. The van der Waals surface area contributed by atoms with Crippen molar-refractivity contribution in [1.82, 2.24) is 10.2 Å². The van der Waals surface area contributed by atoms with Crippen LogP contribution in [-0.4, -0.2) is 50.8 Å². The highest BCUT2D eigenvalue weighted by atomic mass is 16.5. The van der Waals surface area contributed by atoms with Crippen LogP contribution in [0, 0.1) is 5.92 Å². The minimum Gasteiger partial charge on any atom is -0.383 e. The van der Waals surface area contributed by atoms with Gasteiger partial charge in [-0.1, -0.05) is 0 Å². The van der Waals surface area contributed by atoms with E-state index in [1.807, 2.05) is 0 Å². The summed E-state index contributed by atoms with van der Waals surface area (Å²) >= 11 is 0. The molecular weight excluding hydrogens is 164 g/mol. The molecule has 13 heavy (non-hydrogen) atoms. The Bertz CT molecular complexity index is 163. The van der Waals surface area contributed by atoms with Crippen molar-refractivity contribution in [3.8, 4) is 0 Å². The van der Waals surface area contributed by atoms with Gasteiger partial charge in [-0.2, -0.15) is 0 Å². The first-order valence-corrected chi connectivity index (χ1v) is 5.35. The van der Waals surface area contributed by atoms with Crippen LogP contribution >= 0.6 is 0 Å². The summed E-state index contributed by atoms with van der Waals surface area (Å²) in [6.45, 7) is 5.80. The number of nitrogens with zero attached hydrogens (tertiary/aromatic N) is 1. The molecule has 2 heterocycles. The molecule has 0 aromatic rings. The molecule has 0 aromatic heterocycles. The molecule has 2 aliphatic rings. The van der Waals surface area contributed by atoms with E-state index >= 15 is 0 Å². The van der Waals surface area contributed by atoms with Crippen molar-refractivity contribution >= 4 is 0 Å². The highest BCUT2D eigenvalue weighted by Crippen LogP contribution is 2.26. The Hall–Kier alpha value is -0.120. The summed E-state index contributed by atoms with van der Waals surface area (Å²) in [5.41, 5.74) is 0. The minimum atomic E-state index is 0.758. The third-order valence-corrected chi connectivity index (χ3v) is 3.35. The average molecular weight is 184 g/mol. The smallest absolute Gasteiger partial charge is 0.0587 e. The molecule has 3 atom stereocenters. The summed E-state index contributed by atoms with van der Waals surface area (Å²) in [5.74, 6) is 0.908. The molecule has 0 radical (unpaired) electrons. The second kappa shape index (κ2) is 4.40. The molecule has 0 amide bonds. The summed E-state index contributed by atoms with van der Waals surface area (Å²) in [7, 11) is 1.76. The lowest BCUT2D eigenvalue weighted by Crippen LogP contribution is -2.44. The Balaban J connectivity index is 1.73. The standard InChI is InChI=1S/C10H20N2O/c1-13-7-4-11-10-3-6-12-5-2-9(10)8-12/h9-11H,2-8H2,1H3. The van der Waals surface area contributed by atoms with E-state index in [-0.39, 0.29) is 0 Å². The summed E-state index contributed by atoms with van der Waals surface area (Å²) in [6.07, 6.45) is 2.72. The van der Waals surface area contributed by atoms with Gasteiger partial charge in [0.2, 0.25) is 0 Å². The third kappa shape index (κ3) is 2.22. The van der Waals surface area contributed by atoms with E-state index in [1.165, 1.54) is 32.5 Å². The van der Waals surface area contributed by atoms with Gasteiger partial charge in [-0.25, -0.2) is 0 Å². The van der Waals surface area contributed by atoms with E-state index in [0.29, 0.717) is 0 Å². The van der Waals surface area contributed by atoms with Crippen molar-refractivity contribution in [3.63, 3.8) is 0 Å². The number of methoxy groups -OCH3 is 1. The normalized spacial score (nSPS) is 38.1. The Labute approximate surface area is 80.4 Å². The molecule has 76 valence electrons. The summed E-state index contributed by atoms with van der Waals surface area (Å²) < 4.78 is 5.04. The van der Waals surface area contributed by atoms with Crippen LogP contribution in [-0.2, 0) is 4.74 Å². The van der Waals surface area contributed by atoms with E-state index in [2.05, 4.69) is 10.2 Å². The number of hydrogen-bond acceptors (Lipinski definition) is 3. The van der Waals surface area contributed by atoms with E-state index in [0.717, 1.165) is 25.1 Å². The lowest BCUT2D eigenvalue weighted by molar-refractivity contribution is 0.176. The molecule has 2 fully saturated rings. The summed E-state index contributed by atoms with van der Waals surface area (Å²) in [5, 5.41) is 3.60. The molecule has 3 nitrogen and oxygen atoms in total. The fourth-order valence-corrected chi connectivity index (χ4v) is 2.57. The Kier molecular flexibility index (Phi) is 3.19. The molecule has 2 rings (SSSR count). The van der Waals surface area contributed by atoms with Crippen LogP contribution in [0.5, 0.6) is 0 Å². The number of piperidine rings is 1. The van der Waals surface area contributed by atoms with E-state index < -0.39 is 0 Å². The van der Waals surface area contributed by atoms with Gasteiger partial charge < -0.3 is 15.0 Å². The van der Waals surface area contributed by atoms with Gasteiger partial charge in [0, 0.05) is 26.2 Å². The summed E-state index contributed by atoms with van der Waals surface area (Å²) in [4.78, 5) is 2.58. The number of hydrogen-bond donors (Lipinski definition) is 1. The number of rotatable bonds is 4. The molecular formula is C10H20N2O. The quantitative estimate of drug-likeness (QED) is 0.637. The zero-order valence-electron chi connectivity index (χ0n) is 8.46. The lowest BCUT2D eigenvalue weighted by Gasteiger charge is -2.31. The van der Waals surface area contributed by atoms with Gasteiger partial charge in [0.15, 0.2) is 0 Å². The largest absolute Gasteiger partial charge is 0.383 e. The Morgan fingerprint density at radius 2 is 2.23 bits per heavy atom. The molecule has 1 N–H and O–H groups in total. The van der Waals surface area contributed by atoms with Crippen molar-refractivity contribution in [2.45, 2.75) is 18.9 Å². The van der Waals surface area contributed by atoms with Crippen molar-refractivity contribution in [3.05, 3.63) is 0 Å². The SMILES string of the molecule is COCCNC1CCN2CCC1C2. The van der Waals surface area contributed by atoms with Gasteiger partial charge in [0.25, 0.3) is 0 Å². The second-order valence-corrected chi connectivity index (χ2v) is 4.19. The summed E-state index contributed by atoms with van der Waals surface area (Å²) in [6, 6.07) is 0.758. The topological polar surface area (TPSA) is 24.5 Å². The first kappa shape index (κ1) is 9.44. The van der Waals surface area contributed by atoms with E-state index in [4.69, 9.17) is 4.74 Å². The van der Waals surface area contributed by atoms with Gasteiger partial charge in [-0.3, -0.25) is 0 Å². The Morgan fingerprint density at radius 1 is 1.38 bits per heavy atom. The second-order valence-electron chi connectivity index (χ2n) is 4.19.